The van der Waals surface area contributed by atoms with Gasteiger partial charge in [-0.25, -0.2) is 4.79 Å². The van der Waals surface area contributed by atoms with E-state index in [0.717, 1.165) is 18.5 Å². The Bertz CT molecular complexity index is 701. The summed E-state index contributed by atoms with van der Waals surface area (Å²) >= 11 is 1.75. The number of ether oxygens (including phenoxy) is 1. The van der Waals surface area contributed by atoms with Gasteiger partial charge in [-0.3, -0.25) is 5.32 Å². The van der Waals surface area contributed by atoms with Gasteiger partial charge in [0.25, 0.3) is 0 Å². The van der Waals surface area contributed by atoms with E-state index in [9.17, 15) is 4.79 Å². The van der Waals surface area contributed by atoms with E-state index in [1.165, 1.54) is 22.6 Å². The van der Waals surface area contributed by atoms with Crippen molar-refractivity contribution in [2.24, 2.45) is 0 Å². The lowest BCUT2D eigenvalue weighted by atomic mass is 10.0. The average Bonchev–Trinajstić information content (AvgIpc) is 3.07. The molecule has 2 unspecified atom stereocenters. The van der Waals surface area contributed by atoms with E-state index in [4.69, 9.17) is 4.74 Å². The number of likely N-dealkylation sites (tertiary alicyclic amines) is 1. The summed E-state index contributed by atoms with van der Waals surface area (Å²) in [6, 6.07) is 14.0. The summed E-state index contributed by atoms with van der Waals surface area (Å²) in [5.41, 5.74) is 0.947. The van der Waals surface area contributed by atoms with Crippen molar-refractivity contribution in [3.63, 3.8) is 0 Å². The van der Waals surface area contributed by atoms with Crippen molar-refractivity contribution in [2.75, 3.05) is 20.2 Å². The summed E-state index contributed by atoms with van der Waals surface area (Å²) in [5, 5.41) is 3.39. The Morgan fingerprint density at radius 1 is 1.27 bits per heavy atom. The number of thiophene rings is 1. The third-order valence-electron chi connectivity index (χ3n) is 4.98. The highest BCUT2D eigenvalue weighted by Crippen LogP contribution is 2.20. The molecular weight excluding hydrogens is 344 g/mol. The van der Waals surface area contributed by atoms with Crippen molar-refractivity contribution in [3.05, 3.63) is 57.8 Å². The topological polar surface area (TPSA) is 41.6 Å². The first-order chi connectivity index (χ1) is 12.6. The van der Waals surface area contributed by atoms with Gasteiger partial charge in [-0.1, -0.05) is 36.8 Å². The third kappa shape index (κ3) is 5.16. The summed E-state index contributed by atoms with van der Waals surface area (Å²) in [7, 11) is 2.11. The molecule has 1 fully saturated rings. The zero-order chi connectivity index (χ0) is 18.4. The van der Waals surface area contributed by atoms with Gasteiger partial charge in [-0.05, 0) is 51.1 Å². The van der Waals surface area contributed by atoms with Gasteiger partial charge >= 0.3 is 5.97 Å². The zero-order valence-electron chi connectivity index (χ0n) is 15.6. The van der Waals surface area contributed by atoms with Crippen LogP contribution in [0.25, 0.3) is 0 Å². The van der Waals surface area contributed by atoms with E-state index in [-0.39, 0.29) is 5.97 Å². The normalized spacial score (nSPS) is 19.2. The smallest absolute Gasteiger partial charge is 0.327 e. The van der Waals surface area contributed by atoms with Crippen LogP contribution in [0.2, 0.25) is 0 Å². The molecule has 1 aromatic heterocycles. The maximum Gasteiger partial charge on any atom is 0.327 e. The second-order valence-corrected chi connectivity index (χ2v) is 8.37. The number of aryl methyl sites for hydroxylation is 1. The first kappa shape index (κ1) is 19.1. The molecule has 5 heteroatoms. The lowest BCUT2D eigenvalue weighted by molar-refractivity contribution is -0.148. The highest BCUT2D eigenvalue weighted by Gasteiger charge is 2.25. The number of rotatable bonds is 7. The Morgan fingerprint density at radius 3 is 2.77 bits per heavy atom. The van der Waals surface area contributed by atoms with Crippen molar-refractivity contribution in [3.8, 4) is 0 Å². The van der Waals surface area contributed by atoms with Gasteiger partial charge in [0.05, 0.1) is 0 Å². The average molecular weight is 373 g/mol. The minimum absolute atomic E-state index is 0.191. The molecule has 0 radical (unpaired) electrons. The highest BCUT2D eigenvalue weighted by molar-refractivity contribution is 7.11. The molecule has 1 aromatic carbocycles. The quantitative estimate of drug-likeness (QED) is 0.748. The Hall–Kier alpha value is -1.69. The number of piperidine rings is 1. The van der Waals surface area contributed by atoms with Gasteiger partial charge < -0.3 is 9.64 Å². The maximum atomic E-state index is 12.8. The second kappa shape index (κ2) is 9.31. The number of hydrogen-bond acceptors (Lipinski definition) is 5. The molecule has 26 heavy (non-hydrogen) atoms. The van der Waals surface area contributed by atoms with Gasteiger partial charge in [-0.2, -0.15) is 0 Å². The molecule has 2 atom stereocenters. The number of carbonyl (C=O) groups is 1. The molecule has 0 bridgehead atoms. The molecule has 1 aliphatic heterocycles. The summed E-state index contributed by atoms with van der Waals surface area (Å²) in [6.07, 6.45) is 3.54. The molecular formula is C21H28N2O2S. The molecule has 0 amide bonds. The van der Waals surface area contributed by atoms with Gasteiger partial charge in [0.2, 0.25) is 0 Å². The molecule has 0 spiro atoms. The minimum atomic E-state index is -0.437. The van der Waals surface area contributed by atoms with Gasteiger partial charge in [0.15, 0.2) is 0 Å². The number of nitrogens with zero attached hydrogens (tertiary/aromatic N) is 1. The molecule has 0 aliphatic carbocycles. The predicted octanol–water partition coefficient (Wildman–Crippen LogP) is 3.91. The van der Waals surface area contributed by atoms with E-state index in [2.05, 4.69) is 36.3 Å². The fourth-order valence-corrected chi connectivity index (χ4v) is 4.22. The Kier molecular flexibility index (Phi) is 6.83. The van der Waals surface area contributed by atoms with E-state index in [1.807, 2.05) is 30.3 Å². The predicted molar refractivity (Wildman–Crippen MR) is 106 cm³/mol. The van der Waals surface area contributed by atoms with Crippen molar-refractivity contribution < 1.29 is 9.53 Å². The van der Waals surface area contributed by atoms with Crippen LogP contribution in [0.5, 0.6) is 0 Å². The number of nitrogens with one attached hydrogen (secondary N) is 1. The molecule has 2 heterocycles. The Morgan fingerprint density at radius 2 is 2.08 bits per heavy atom. The molecule has 1 saturated heterocycles. The minimum Gasteiger partial charge on any atom is -0.463 e. The molecule has 4 nitrogen and oxygen atoms in total. The summed E-state index contributed by atoms with van der Waals surface area (Å²) in [5.74, 6) is -0.191. The molecule has 0 saturated carbocycles. The number of likely N-dealkylation sites (N-methyl/N-ethyl adjacent to an activating group) is 1. The molecule has 1 aliphatic rings. The van der Waals surface area contributed by atoms with E-state index >= 15 is 0 Å². The third-order valence-corrected chi connectivity index (χ3v) is 5.99. The largest absolute Gasteiger partial charge is 0.463 e. The number of benzene rings is 1. The van der Waals surface area contributed by atoms with Crippen molar-refractivity contribution in [1.29, 1.82) is 0 Å². The molecule has 3 rings (SSSR count). The molecule has 140 valence electrons. The van der Waals surface area contributed by atoms with Crippen LogP contribution in [0.4, 0.5) is 0 Å². The number of esters is 1. The van der Waals surface area contributed by atoms with Crippen molar-refractivity contribution in [2.45, 2.75) is 44.8 Å². The van der Waals surface area contributed by atoms with E-state index in [0.29, 0.717) is 19.2 Å². The van der Waals surface area contributed by atoms with Crippen LogP contribution in [-0.4, -0.2) is 37.1 Å². The highest BCUT2D eigenvalue weighted by atomic mass is 32.1. The van der Waals surface area contributed by atoms with E-state index in [1.54, 1.807) is 11.3 Å². The lowest BCUT2D eigenvalue weighted by Crippen LogP contribution is -2.41. The SMILES string of the molecule is Cc1ccc(CNC(C(=O)OCC2CCCCN2C)c2ccccc2)s1. The maximum absolute atomic E-state index is 12.8. The van der Waals surface area contributed by atoms with Crippen molar-refractivity contribution in [1.82, 2.24) is 10.2 Å². The fraction of sp³-hybridized carbons (Fsp3) is 0.476. The number of hydrogen-bond donors (Lipinski definition) is 1. The van der Waals surface area contributed by atoms with Gasteiger partial charge in [0, 0.05) is 22.3 Å². The second-order valence-electron chi connectivity index (χ2n) is 7.00. The summed E-state index contributed by atoms with van der Waals surface area (Å²) in [6.45, 7) is 4.31. The van der Waals surface area contributed by atoms with Crippen LogP contribution in [0.15, 0.2) is 42.5 Å². The van der Waals surface area contributed by atoms with Crippen LogP contribution < -0.4 is 5.32 Å². The first-order valence-electron chi connectivity index (χ1n) is 9.34. The van der Waals surface area contributed by atoms with Crippen LogP contribution in [-0.2, 0) is 16.1 Å². The standard InChI is InChI=1S/C21H28N2O2S/c1-16-11-12-19(26-16)14-22-20(17-8-4-3-5-9-17)21(24)25-15-18-10-6-7-13-23(18)2/h3-5,8-9,11-12,18,20,22H,6-7,10,13-15H2,1-2H3. The van der Waals surface area contributed by atoms with Crippen LogP contribution in [0, 0.1) is 6.92 Å². The van der Waals surface area contributed by atoms with Crippen LogP contribution in [0.3, 0.4) is 0 Å². The Labute approximate surface area is 160 Å². The van der Waals surface area contributed by atoms with Crippen molar-refractivity contribution >= 4 is 17.3 Å². The van der Waals surface area contributed by atoms with Crippen LogP contribution >= 0.6 is 11.3 Å². The fourth-order valence-electron chi connectivity index (χ4n) is 3.38. The number of carbonyl (C=O) groups excluding carboxylic acids is 1. The Balaban J connectivity index is 1.63. The zero-order valence-corrected chi connectivity index (χ0v) is 16.4. The summed E-state index contributed by atoms with van der Waals surface area (Å²) < 4.78 is 5.72. The summed E-state index contributed by atoms with van der Waals surface area (Å²) in [4.78, 5) is 17.6. The lowest BCUT2D eigenvalue weighted by Gasteiger charge is -2.32. The van der Waals surface area contributed by atoms with E-state index < -0.39 is 6.04 Å². The first-order valence-corrected chi connectivity index (χ1v) is 10.2. The van der Waals surface area contributed by atoms with Gasteiger partial charge in [-0.15, -0.1) is 11.3 Å². The molecule has 1 N–H and O–H groups in total. The molecule has 2 aromatic rings. The van der Waals surface area contributed by atoms with Crippen LogP contribution in [0.1, 0.15) is 40.6 Å². The monoisotopic (exact) mass is 372 g/mol. The van der Waals surface area contributed by atoms with Gasteiger partial charge in [0.1, 0.15) is 12.6 Å².